The summed E-state index contributed by atoms with van der Waals surface area (Å²) >= 11 is 12.6. The lowest BCUT2D eigenvalue weighted by atomic mass is 10.1. The zero-order valence-electron chi connectivity index (χ0n) is 21.2. The molecule has 0 heterocycles. The van der Waals surface area contributed by atoms with Gasteiger partial charge in [0.05, 0.1) is 17.5 Å². The predicted octanol–water partition coefficient (Wildman–Crippen LogP) is 5.50. The fourth-order valence-corrected chi connectivity index (χ4v) is 5.38. The van der Waals surface area contributed by atoms with E-state index < -0.39 is 33.7 Å². The molecular formula is C25H30Cl2F3N3O4S. The molecule has 2 aromatic carbocycles. The second-order valence-electron chi connectivity index (χ2n) is 8.53. The maximum Gasteiger partial charge on any atom is 0.416 e. The summed E-state index contributed by atoms with van der Waals surface area (Å²) in [5, 5.41) is 3.33. The van der Waals surface area contributed by atoms with Gasteiger partial charge in [0.1, 0.15) is 6.04 Å². The van der Waals surface area contributed by atoms with E-state index in [9.17, 15) is 31.2 Å². The molecule has 2 aromatic rings. The number of likely N-dealkylation sites (N-methyl/N-ethyl adjacent to an activating group) is 1. The van der Waals surface area contributed by atoms with Gasteiger partial charge < -0.3 is 10.2 Å². The first-order valence-electron chi connectivity index (χ1n) is 11.9. The molecule has 0 saturated carbocycles. The number of sulfonamides is 1. The van der Waals surface area contributed by atoms with Gasteiger partial charge in [0.25, 0.3) is 0 Å². The summed E-state index contributed by atoms with van der Waals surface area (Å²) in [5.74, 6) is -0.829. The maximum atomic E-state index is 13.4. The molecule has 0 bridgehead atoms. The van der Waals surface area contributed by atoms with E-state index in [0.717, 1.165) is 28.8 Å². The fourth-order valence-electron chi connectivity index (χ4n) is 3.91. The number of carbonyl (C=O) groups is 2. The van der Waals surface area contributed by atoms with Crippen molar-refractivity contribution < 1.29 is 31.2 Å². The van der Waals surface area contributed by atoms with E-state index in [1.54, 1.807) is 32.0 Å². The van der Waals surface area contributed by atoms with Crippen LogP contribution in [-0.2, 0) is 32.3 Å². The van der Waals surface area contributed by atoms with Crippen LogP contribution in [0, 0.1) is 0 Å². The molecule has 0 unspecified atom stereocenters. The van der Waals surface area contributed by atoms with Crippen molar-refractivity contribution in [1.82, 2.24) is 10.2 Å². The largest absolute Gasteiger partial charge is 0.416 e. The minimum absolute atomic E-state index is 0.0132. The lowest BCUT2D eigenvalue weighted by molar-refractivity contribution is -0.141. The highest BCUT2D eigenvalue weighted by atomic mass is 35.5. The molecule has 0 aliphatic carbocycles. The van der Waals surface area contributed by atoms with E-state index in [4.69, 9.17) is 23.2 Å². The molecule has 0 aromatic heterocycles. The highest BCUT2D eigenvalue weighted by Gasteiger charge is 2.32. The third-order valence-electron chi connectivity index (χ3n) is 5.74. The second-order valence-corrected chi connectivity index (χ2v) is 11.2. The Morgan fingerprint density at radius 2 is 1.66 bits per heavy atom. The fraction of sp³-hybridized carbons (Fsp3) is 0.440. The smallest absolute Gasteiger partial charge is 0.355 e. The van der Waals surface area contributed by atoms with Crippen molar-refractivity contribution in [3.05, 3.63) is 63.6 Å². The van der Waals surface area contributed by atoms with Gasteiger partial charge in [0, 0.05) is 41.7 Å². The average Bonchev–Trinajstić information content (AvgIpc) is 2.82. The third-order valence-corrected chi connectivity index (χ3v) is 7.64. The quantitative estimate of drug-likeness (QED) is 0.351. The summed E-state index contributed by atoms with van der Waals surface area (Å²) in [6, 6.07) is 7.99. The molecule has 0 saturated heterocycles. The topological polar surface area (TPSA) is 86.8 Å². The Labute approximate surface area is 230 Å². The number of anilines is 1. The van der Waals surface area contributed by atoms with Crippen molar-refractivity contribution in [2.45, 2.75) is 51.9 Å². The van der Waals surface area contributed by atoms with Crippen LogP contribution in [0.4, 0.5) is 18.9 Å². The number of nitrogens with zero attached hydrogens (tertiary/aromatic N) is 2. The Balaban J connectivity index is 2.29. The van der Waals surface area contributed by atoms with Crippen molar-refractivity contribution in [3.8, 4) is 0 Å². The van der Waals surface area contributed by atoms with Gasteiger partial charge in [0.15, 0.2) is 0 Å². The molecule has 0 aliphatic heterocycles. The summed E-state index contributed by atoms with van der Waals surface area (Å²) in [6.07, 6.45) is -3.67. The molecule has 7 nitrogen and oxygen atoms in total. The molecule has 0 fully saturated rings. The van der Waals surface area contributed by atoms with Crippen LogP contribution in [0.25, 0.3) is 0 Å². The minimum Gasteiger partial charge on any atom is -0.355 e. The maximum absolute atomic E-state index is 13.4. The highest BCUT2D eigenvalue weighted by Crippen LogP contribution is 2.32. The lowest BCUT2D eigenvalue weighted by Gasteiger charge is -2.31. The van der Waals surface area contributed by atoms with Crippen LogP contribution in [0.15, 0.2) is 42.5 Å². The van der Waals surface area contributed by atoms with Gasteiger partial charge in [0.2, 0.25) is 21.8 Å². The molecule has 2 rings (SSSR count). The van der Waals surface area contributed by atoms with Crippen molar-refractivity contribution in [1.29, 1.82) is 0 Å². The summed E-state index contributed by atoms with van der Waals surface area (Å²) in [7, 11) is -3.96. The number of carbonyl (C=O) groups excluding carboxylic acids is 2. The van der Waals surface area contributed by atoms with Gasteiger partial charge in [-0.3, -0.25) is 13.9 Å². The van der Waals surface area contributed by atoms with Crippen LogP contribution < -0.4 is 9.62 Å². The Morgan fingerprint density at radius 1 is 1.05 bits per heavy atom. The monoisotopic (exact) mass is 595 g/mol. The number of nitrogens with one attached hydrogen (secondary N) is 1. The van der Waals surface area contributed by atoms with Gasteiger partial charge in [-0.05, 0) is 50.1 Å². The summed E-state index contributed by atoms with van der Waals surface area (Å²) < 4.78 is 65.1. The SMILES string of the molecule is CCNC(=O)[C@@H](CC)N(Cc1c(Cl)cccc1Cl)C(=O)CCCN(c1cccc(C(F)(F)F)c1)S(C)(=O)=O. The number of rotatable bonds is 12. The molecule has 0 aliphatic rings. The number of hydrogen-bond acceptors (Lipinski definition) is 4. The first-order valence-corrected chi connectivity index (χ1v) is 14.5. The minimum atomic E-state index is -4.65. The summed E-state index contributed by atoms with van der Waals surface area (Å²) in [6.45, 7) is 3.54. The number of alkyl halides is 3. The second kappa shape index (κ2) is 13.5. The van der Waals surface area contributed by atoms with Crippen LogP contribution in [0.1, 0.15) is 44.2 Å². The number of halogens is 5. The molecule has 210 valence electrons. The van der Waals surface area contributed by atoms with Crippen molar-refractivity contribution in [3.63, 3.8) is 0 Å². The van der Waals surface area contributed by atoms with E-state index in [0.29, 0.717) is 28.6 Å². The van der Waals surface area contributed by atoms with Gasteiger partial charge >= 0.3 is 6.18 Å². The van der Waals surface area contributed by atoms with Crippen molar-refractivity contribution >= 4 is 50.7 Å². The Bertz CT molecular complexity index is 1220. The first-order chi connectivity index (χ1) is 17.7. The molecule has 1 atom stereocenters. The van der Waals surface area contributed by atoms with E-state index in [1.165, 1.54) is 11.0 Å². The van der Waals surface area contributed by atoms with Crippen LogP contribution >= 0.6 is 23.2 Å². The lowest BCUT2D eigenvalue weighted by Crippen LogP contribution is -2.49. The van der Waals surface area contributed by atoms with Gasteiger partial charge in [-0.1, -0.05) is 42.3 Å². The molecule has 13 heteroatoms. The molecule has 2 amide bonds. The number of benzene rings is 2. The number of amides is 2. The van der Waals surface area contributed by atoms with E-state index in [-0.39, 0.29) is 37.5 Å². The summed E-state index contributed by atoms with van der Waals surface area (Å²) in [4.78, 5) is 27.5. The van der Waals surface area contributed by atoms with Gasteiger partial charge in [-0.25, -0.2) is 8.42 Å². The van der Waals surface area contributed by atoms with E-state index >= 15 is 0 Å². The molecule has 1 N–H and O–H groups in total. The van der Waals surface area contributed by atoms with Gasteiger partial charge in [-0.2, -0.15) is 13.2 Å². The van der Waals surface area contributed by atoms with E-state index in [1.807, 2.05) is 0 Å². The standard InChI is InChI=1S/C25H30Cl2F3N3O4S/c1-4-22(24(35)31-5-2)32(16-19-20(26)11-7-12-21(19)27)23(34)13-8-14-33(38(3,36)37)18-10-6-9-17(15-18)25(28,29)30/h6-7,9-12,15,22H,4-5,8,13-14,16H2,1-3H3,(H,31,35)/t22-/m1/s1. The van der Waals surface area contributed by atoms with E-state index in [2.05, 4.69) is 5.32 Å². The number of hydrogen-bond donors (Lipinski definition) is 1. The average molecular weight is 596 g/mol. The van der Waals surface area contributed by atoms with Crippen LogP contribution in [0.5, 0.6) is 0 Å². The first kappa shape index (κ1) is 31.7. The molecule has 0 spiro atoms. The summed E-state index contributed by atoms with van der Waals surface area (Å²) in [5.41, 5.74) is -0.702. The highest BCUT2D eigenvalue weighted by molar-refractivity contribution is 7.92. The Hall–Kier alpha value is -2.50. The Kier molecular flexibility index (Phi) is 11.3. The van der Waals surface area contributed by atoms with Crippen molar-refractivity contribution in [2.75, 3.05) is 23.7 Å². The zero-order valence-corrected chi connectivity index (χ0v) is 23.5. The molecule has 38 heavy (non-hydrogen) atoms. The zero-order chi connectivity index (χ0) is 28.7. The van der Waals surface area contributed by atoms with Crippen LogP contribution in [0.3, 0.4) is 0 Å². The molecule has 0 radical (unpaired) electrons. The van der Waals surface area contributed by atoms with Gasteiger partial charge in [-0.15, -0.1) is 0 Å². The Morgan fingerprint density at radius 3 is 2.18 bits per heavy atom. The normalized spacial score (nSPS) is 12.6. The third kappa shape index (κ3) is 8.51. The van der Waals surface area contributed by atoms with Crippen molar-refractivity contribution in [2.24, 2.45) is 0 Å². The van der Waals surface area contributed by atoms with Crippen LogP contribution in [-0.4, -0.2) is 50.5 Å². The molecular weight excluding hydrogens is 566 g/mol. The predicted molar refractivity (Wildman–Crippen MR) is 143 cm³/mol. The van der Waals surface area contributed by atoms with Crippen LogP contribution in [0.2, 0.25) is 10.0 Å².